The number of ether oxygens (including phenoxy) is 1. The number of fused-ring (bicyclic) bond motifs is 4. The van der Waals surface area contributed by atoms with Crippen LogP contribution in [0.3, 0.4) is 0 Å². The largest absolute Gasteiger partial charge is 0.462 e. The number of hydrogen-bond acceptors (Lipinski definition) is 2. The van der Waals surface area contributed by atoms with Gasteiger partial charge < -0.3 is 4.74 Å². The molecule has 0 bridgehead atoms. The van der Waals surface area contributed by atoms with E-state index in [9.17, 15) is 4.79 Å². The monoisotopic (exact) mass is 663 g/mol. The molecule has 0 amide bonds. The van der Waals surface area contributed by atoms with Crippen LogP contribution in [0.5, 0.6) is 0 Å². The number of unbranched alkanes of at least 4 members (excludes halogenated alkanes) is 9. The fourth-order valence-electron chi connectivity index (χ4n) is 11.9. The van der Waals surface area contributed by atoms with Crippen LogP contribution in [0.4, 0.5) is 0 Å². The zero-order valence-electron chi connectivity index (χ0n) is 33.4. The predicted octanol–water partition coefficient (Wildman–Crippen LogP) is 14.3. The maximum absolute atomic E-state index is 13.1. The first-order valence-electron chi connectivity index (χ1n) is 21.0. The van der Waals surface area contributed by atoms with E-state index in [1.807, 2.05) is 11.1 Å². The number of rotatable bonds is 18. The lowest BCUT2D eigenvalue weighted by atomic mass is 9.43. The molecule has 0 N–H and O–H groups in total. The first kappa shape index (κ1) is 39.5. The molecule has 2 unspecified atom stereocenters. The molecule has 2 heteroatoms. The summed E-state index contributed by atoms with van der Waals surface area (Å²) < 4.78 is 6.37. The van der Waals surface area contributed by atoms with Crippen molar-refractivity contribution in [3.05, 3.63) is 34.9 Å². The predicted molar refractivity (Wildman–Crippen MR) is 207 cm³/mol. The van der Waals surface area contributed by atoms with E-state index in [4.69, 9.17) is 4.74 Å². The maximum atomic E-state index is 13.1. The molecule has 48 heavy (non-hydrogen) atoms. The normalized spacial score (nSPS) is 33.2. The fraction of sp³-hybridized carbons (Fsp3) is 0.848. The Labute approximate surface area is 298 Å². The second-order valence-corrected chi connectivity index (χ2v) is 18.7. The minimum absolute atomic E-state index is 0.0179. The van der Waals surface area contributed by atoms with E-state index in [1.165, 1.54) is 121 Å². The lowest BCUT2D eigenvalue weighted by Gasteiger charge is -2.62. The Balaban J connectivity index is 1.27. The molecule has 0 radical (unpaired) electrons. The highest BCUT2D eigenvalue weighted by Gasteiger charge is 2.63. The van der Waals surface area contributed by atoms with Gasteiger partial charge in [-0.15, -0.1) is 0 Å². The number of carbonyl (C=O) groups is 1. The summed E-state index contributed by atoms with van der Waals surface area (Å²) in [6, 6.07) is 0. The van der Waals surface area contributed by atoms with Gasteiger partial charge >= 0.3 is 5.97 Å². The van der Waals surface area contributed by atoms with E-state index in [-0.39, 0.29) is 22.9 Å². The summed E-state index contributed by atoms with van der Waals surface area (Å²) in [5, 5.41) is 0. The van der Waals surface area contributed by atoms with Gasteiger partial charge in [-0.3, -0.25) is 4.79 Å². The molecule has 0 spiro atoms. The number of esters is 1. The molecule has 4 aliphatic carbocycles. The number of allylic oxidation sites excluding steroid dienone is 6. The van der Waals surface area contributed by atoms with E-state index < -0.39 is 0 Å². The molecule has 274 valence electrons. The van der Waals surface area contributed by atoms with Crippen molar-refractivity contribution < 1.29 is 9.53 Å². The lowest BCUT2D eigenvalue weighted by Crippen LogP contribution is -2.55. The lowest BCUT2D eigenvalue weighted by molar-refractivity contribution is -0.170. The Hall–Kier alpha value is -1.31. The van der Waals surface area contributed by atoms with Gasteiger partial charge in [-0.2, -0.15) is 0 Å². The Morgan fingerprint density at radius 2 is 1.46 bits per heavy atom. The number of hydrogen-bond donors (Lipinski definition) is 0. The molecule has 4 rings (SSSR count). The zero-order valence-corrected chi connectivity index (χ0v) is 33.4. The van der Waals surface area contributed by atoms with Crippen LogP contribution < -0.4 is 0 Å². The fourth-order valence-corrected chi connectivity index (χ4v) is 11.9. The van der Waals surface area contributed by atoms with Crippen LogP contribution in [-0.4, -0.2) is 12.1 Å². The molecule has 0 saturated heterocycles. The first-order chi connectivity index (χ1) is 22.8. The molecule has 7 atom stereocenters. The molecule has 0 aromatic heterocycles. The SMILES string of the molecule is CCCCCC/C=C\CCCCCCCC(=O)OC1CC[C@]2(C)C3=C(CCC2C1(C)C)[C@]1(C)CC[C@H]([C@H](C)CCC=C(C)C)[C@@]1(C)CC3. The van der Waals surface area contributed by atoms with Crippen LogP contribution in [0.15, 0.2) is 34.9 Å². The summed E-state index contributed by atoms with van der Waals surface area (Å²) in [7, 11) is 0. The van der Waals surface area contributed by atoms with Crippen LogP contribution >= 0.6 is 0 Å². The van der Waals surface area contributed by atoms with Gasteiger partial charge in [0.2, 0.25) is 0 Å². The topological polar surface area (TPSA) is 26.3 Å². The van der Waals surface area contributed by atoms with E-state index in [0.29, 0.717) is 23.2 Å². The zero-order chi connectivity index (χ0) is 35.0. The van der Waals surface area contributed by atoms with Crippen molar-refractivity contribution in [2.24, 2.45) is 39.4 Å². The minimum Gasteiger partial charge on any atom is -0.462 e. The Kier molecular flexibility index (Phi) is 14.2. The van der Waals surface area contributed by atoms with Crippen molar-refractivity contribution in [1.29, 1.82) is 0 Å². The second kappa shape index (κ2) is 17.3. The van der Waals surface area contributed by atoms with Gasteiger partial charge in [0.05, 0.1) is 0 Å². The summed E-state index contributed by atoms with van der Waals surface area (Å²) in [6.07, 6.45) is 34.3. The highest BCUT2D eigenvalue weighted by molar-refractivity contribution is 5.69. The Bertz CT molecular complexity index is 1130. The van der Waals surface area contributed by atoms with Crippen LogP contribution in [0.2, 0.25) is 0 Å². The van der Waals surface area contributed by atoms with E-state index in [2.05, 4.69) is 80.5 Å². The summed E-state index contributed by atoms with van der Waals surface area (Å²) in [4.78, 5) is 13.1. The van der Waals surface area contributed by atoms with Crippen molar-refractivity contribution >= 4 is 5.97 Å². The molecule has 4 aliphatic rings. The summed E-state index contributed by atoms with van der Waals surface area (Å²) in [5.74, 6) is 2.28. The Morgan fingerprint density at radius 1 is 0.792 bits per heavy atom. The van der Waals surface area contributed by atoms with Crippen molar-refractivity contribution in [3.63, 3.8) is 0 Å². The molecule has 2 nitrogen and oxygen atoms in total. The molecule has 0 aliphatic heterocycles. The van der Waals surface area contributed by atoms with Gasteiger partial charge in [-0.05, 0) is 144 Å². The summed E-state index contributed by atoms with van der Waals surface area (Å²) >= 11 is 0. The quantitative estimate of drug-likeness (QED) is 0.0829. The highest BCUT2D eigenvalue weighted by atomic mass is 16.5. The average molecular weight is 663 g/mol. The Morgan fingerprint density at radius 3 is 2.15 bits per heavy atom. The highest BCUT2D eigenvalue weighted by Crippen LogP contribution is 2.72. The molecular formula is C46H78O2. The van der Waals surface area contributed by atoms with E-state index in [0.717, 1.165) is 31.1 Å². The average Bonchev–Trinajstić information content (AvgIpc) is 3.31. The molecule has 2 saturated carbocycles. The third-order valence-electron chi connectivity index (χ3n) is 15.0. The van der Waals surface area contributed by atoms with E-state index in [1.54, 1.807) is 0 Å². The number of carbonyl (C=O) groups excluding carboxylic acids is 1. The van der Waals surface area contributed by atoms with Crippen LogP contribution in [0.25, 0.3) is 0 Å². The van der Waals surface area contributed by atoms with Crippen molar-refractivity contribution in [3.8, 4) is 0 Å². The van der Waals surface area contributed by atoms with Gasteiger partial charge in [-0.1, -0.05) is 122 Å². The third-order valence-corrected chi connectivity index (χ3v) is 15.0. The van der Waals surface area contributed by atoms with Gasteiger partial charge in [-0.25, -0.2) is 0 Å². The molecule has 0 aromatic rings. The van der Waals surface area contributed by atoms with Gasteiger partial charge in [0.25, 0.3) is 0 Å². The first-order valence-corrected chi connectivity index (χ1v) is 21.0. The molecule has 2 fully saturated rings. The van der Waals surface area contributed by atoms with Gasteiger partial charge in [0.15, 0.2) is 0 Å². The molecular weight excluding hydrogens is 585 g/mol. The molecule has 0 heterocycles. The second-order valence-electron chi connectivity index (χ2n) is 18.7. The van der Waals surface area contributed by atoms with Crippen LogP contribution in [-0.2, 0) is 9.53 Å². The van der Waals surface area contributed by atoms with Gasteiger partial charge in [0, 0.05) is 11.8 Å². The summed E-state index contributed by atoms with van der Waals surface area (Å²) in [5.41, 5.74) is 6.22. The standard InChI is InChI=1S/C46H78O2/c1-10-11-12-13-14-15-16-17-18-19-20-21-22-26-42(47)48-41-31-32-44(7)38-30-34-45(8)37(36(4)25-23-24-35(2)3)29-33-46(45,9)39(38)27-28-40(44)43(41,5)6/h15-16,24,36-37,40-41H,10-14,17-23,25-34H2,1-9H3/b16-15-/t36-,37-,40?,41?,44-,45-,46+/m1/s1. The van der Waals surface area contributed by atoms with E-state index >= 15 is 0 Å². The summed E-state index contributed by atoms with van der Waals surface area (Å²) in [6.45, 7) is 22.2. The minimum atomic E-state index is 0.0179. The van der Waals surface area contributed by atoms with Crippen molar-refractivity contribution in [1.82, 2.24) is 0 Å². The van der Waals surface area contributed by atoms with Gasteiger partial charge in [0.1, 0.15) is 6.10 Å². The molecule has 0 aromatic carbocycles. The van der Waals surface area contributed by atoms with Crippen LogP contribution in [0.1, 0.15) is 204 Å². The van der Waals surface area contributed by atoms with Crippen molar-refractivity contribution in [2.75, 3.05) is 0 Å². The third kappa shape index (κ3) is 8.58. The van der Waals surface area contributed by atoms with Crippen molar-refractivity contribution in [2.45, 2.75) is 210 Å². The maximum Gasteiger partial charge on any atom is 0.306 e. The smallest absolute Gasteiger partial charge is 0.306 e. The van der Waals surface area contributed by atoms with Crippen LogP contribution in [0, 0.1) is 39.4 Å².